The van der Waals surface area contributed by atoms with Crippen molar-refractivity contribution in [2.24, 2.45) is 5.92 Å². The summed E-state index contributed by atoms with van der Waals surface area (Å²) in [7, 11) is 0. The van der Waals surface area contributed by atoms with Gasteiger partial charge < -0.3 is 14.6 Å². The maximum Gasteiger partial charge on any atom is 0.164 e. The smallest absolute Gasteiger partial charge is 0.164 e. The molecule has 0 aliphatic carbocycles. The molecular weight excluding hydrogens is 240 g/mol. The summed E-state index contributed by atoms with van der Waals surface area (Å²) in [6.45, 7) is 2.26. The van der Waals surface area contributed by atoms with E-state index >= 15 is 0 Å². The Hall–Kier alpha value is -0.120. The molecule has 0 amide bonds. The van der Waals surface area contributed by atoms with Gasteiger partial charge in [-0.1, -0.05) is 58.3 Å². The predicted molar refractivity (Wildman–Crippen MR) is 75.7 cm³/mol. The lowest BCUT2D eigenvalue weighted by molar-refractivity contribution is -0.190. The molecule has 0 aromatic heterocycles. The molecule has 1 N–H and O–H groups in total. The zero-order valence-electron chi connectivity index (χ0n) is 12.4. The minimum atomic E-state index is -0.584. The first-order valence-corrected chi connectivity index (χ1v) is 8.28. The van der Waals surface area contributed by atoms with E-state index in [1.807, 2.05) is 0 Å². The Morgan fingerprint density at radius 1 is 0.895 bits per heavy atom. The van der Waals surface area contributed by atoms with Crippen LogP contribution in [0.3, 0.4) is 0 Å². The lowest BCUT2D eigenvalue weighted by Crippen LogP contribution is -2.16. The van der Waals surface area contributed by atoms with Gasteiger partial charge in [0.2, 0.25) is 0 Å². The van der Waals surface area contributed by atoms with Gasteiger partial charge in [0.25, 0.3) is 0 Å². The average molecular weight is 270 g/mol. The fraction of sp³-hybridized carbons (Fsp3) is 1.00. The van der Waals surface area contributed by atoms with E-state index in [1.165, 1.54) is 57.8 Å². The molecule has 0 radical (unpaired) electrons. The Bertz CT molecular complexity index is 230. The van der Waals surface area contributed by atoms with Crippen molar-refractivity contribution in [2.45, 2.75) is 96.2 Å². The lowest BCUT2D eigenvalue weighted by atomic mass is 9.99. The van der Waals surface area contributed by atoms with Crippen molar-refractivity contribution in [3.05, 3.63) is 0 Å². The Morgan fingerprint density at radius 2 is 1.58 bits per heavy atom. The second kappa shape index (κ2) is 8.23. The van der Waals surface area contributed by atoms with Gasteiger partial charge >= 0.3 is 0 Å². The molecule has 2 rings (SSSR count). The number of unbranched alkanes of at least 4 members (excludes halogenated alkanes) is 7. The Balaban J connectivity index is 1.43. The first-order chi connectivity index (χ1) is 9.29. The van der Waals surface area contributed by atoms with Crippen LogP contribution in [0.25, 0.3) is 0 Å². The molecule has 2 heterocycles. The third-order valence-electron chi connectivity index (χ3n) is 4.45. The quantitative estimate of drug-likeness (QED) is 0.644. The van der Waals surface area contributed by atoms with E-state index < -0.39 is 6.29 Å². The zero-order valence-corrected chi connectivity index (χ0v) is 12.4. The van der Waals surface area contributed by atoms with E-state index in [0.717, 1.165) is 12.8 Å². The van der Waals surface area contributed by atoms with Crippen LogP contribution in [0.15, 0.2) is 0 Å². The van der Waals surface area contributed by atoms with Crippen molar-refractivity contribution in [3.8, 4) is 0 Å². The summed E-state index contributed by atoms with van der Waals surface area (Å²) in [4.78, 5) is 0. The first-order valence-electron chi connectivity index (χ1n) is 8.28. The van der Waals surface area contributed by atoms with Gasteiger partial charge in [-0.3, -0.25) is 0 Å². The second-order valence-corrected chi connectivity index (χ2v) is 6.21. The Morgan fingerprint density at radius 3 is 2.26 bits per heavy atom. The molecule has 0 aromatic carbocycles. The van der Waals surface area contributed by atoms with Crippen LogP contribution in [-0.4, -0.2) is 23.8 Å². The van der Waals surface area contributed by atoms with E-state index in [0.29, 0.717) is 12.0 Å². The van der Waals surface area contributed by atoms with Gasteiger partial charge in [0.05, 0.1) is 6.10 Å². The molecule has 0 unspecified atom stereocenters. The van der Waals surface area contributed by atoms with Gasteiger partial charge in [-0.25, -0.2) is 0 Å². The standard InChI is InChI=1S/C16H30O3/c1-2-3-4-5-6-7-8-9-10-14-11-13-12-15(17)19-16(13)18-14/h13-17H,2-12H2,1H3/t13-,14-,15-,16+/m1/s1. The fourth-order valence-electron chi connectivity index (χ4n) is 3.32. The van der Waals surface area contributed by atoms with E-state index in [9.17, 15) is 5.11 Å². The number of hydrogen-bond acceptors (Lipinski definition) is 3. The Kier molecular flexibility index (Phi) is 6.62. The molecule has 4 atom stereocenters. The number of hydrogen-bond donors (Lipinski definition) is 1. The van der Waals surface area contributed by atoms with Crippen LogP contribution in [0.5, 0.6) is 0 Å². The van der Waals surface area contributed by atoms with E-state index in [-0.39, 0.29) is 6.29 Å². The first kappa shape index (κ1) is 15.3. The van der Waals surface area contributed by atoms with Crippen molar-refractivity contribution in [1.82, 2.24) is 0 Å². The topological polar surface area (TPSA) is 38.7 Å². The van der Waals surface area contributed by atoms with E-state index in [4.69, 9.17) is 9.47 Å². The van der Waals surface area contributed by atoms with Crippen molar-refractivity contribution < 1.29 is 14.6 Å². The van der Waals surface area contributed by atoms with Crippen LogP contribution in [0.4, 0.5) is 0 Å². The summed E-state index contributed by atoms with van der Waals surface area (Å²) in [5.74, 6) is 0.439. The minimum absolute atomic E-state index is 0.117. The molecule has 2 saturated heterocycles. The number of rotatable bonds is 9. The summed E-state index contributed by atoms with van der Waals surface area (Å²) in [6, 6.07) is 0. The third-order valence-corrected chi connectivity index (χ3v) is 4.45. The lowest BCUT2D eigenvalue weighted by Gasteiger charge is -2.13. The van der Waals surface area contributed by atoms with Crippen molar-refractivity contribution in [2.75, 3.05) is 0 Å². The normalized spacial score (nSPS) is 33.8. The molecule has 0 saturated carbocycles. The molecule has 3 nitrogen and oxygen atoms in total. The number of aliphatic hydroxyl groups is 1. The van der Waals surface area contributed by atoms with Gasteiger partial charge in [-0.15, -0.1) is 0 Å². The second-order valence-electron chi connectivity index (χ2n) is 6.21. The summed E-state index contributed by atoms with van der Waals surface area (Å²) < 4.78 is 11.2. The van der Waals surface area contributed by atoms with Crippen LogP contribution in [0, 0.1) is 5.92 Å². The highest BCUT2D eigenvalue weighted by molar-refractivity contribution is 4.82. The number of aliphatic hydroxyl groups excluding tert-OH is 1. The largest absolute Gasteiger partial charge is 0.368 e. The minimum Gasteiger partial charge on any atom is -0.368 e. The van der Waals surface area contributed by atoms with Gasteiger partial charge in [-0.05, 0) is 12.8 Å². The molecule has 19 heavy (non-hydrogen) atoms. The average Bonchev–Trinajstić information content (AvgIpc) is 2.89. The molecule has 0 aromatic rings. The van der Waals surface area contributed by atoms with E-state index in [2.05, 4.69) is 6.92 Å². The van der Waals surface area contributed by atoms with Gasteiger partial charge in [0.15, 0.2) is 12.6 Å². The summed E-state index contributed by atoms with van der Waals surface area (Å²) >= 11 is 0. The molecule has 112 valence electrons. The highest BCUT2D eigenvalue weighted by Crippen LogP contribution is 2.38. The van der Waals surface area contributed by atoms with Gasteiger partial charge in [0, 0.05) is 12.3 Å². The molecular formula is C16H30O3. The summed E-state index contributed by atoms with van der Waals surface area (Å²) in [5.41, 5.74) is 0. The highest BCUT2D eigenvalue weighted by atomic mass is 16.7. The maximum atomic E-state index is 9.35. The fourth-order valence-corrected chi connectivity index (χ4v) is 3.32. The van der Waals surface area contributed by atoms with Crippen molar-refractivity contribution in [3.63, 3.8) is 0 Å². The highest BCUT2D eigenvalue weighted by Gasteiger charge is 2.42. The van der Waals surface area contributed by atoms with Gasteiger partial charge in [0.1, 0.15) is 0 Å². The van der Waals surface area contributed by atoms with Crippen LogP contribution in [0.2, 0.25) is 0 Å². The van der Waals surface area contributed by atoms with Crippen molar-refractivity contribution >= 4 is 0 Å². The predicted octanol–water partition coefficient (Wildman–Crippen LogP) is 3.99. The van der Waals surface area contributed by atoms with Gasteiger partial charge in [-0.2, -0.15) is 0 Å². The number of ether oxygens (including phenoxy) is 2. The Labute approximate surface area is 117 Å². The zero-order chi connectivity index (χ0) is 13.5. The monoisotopic (exact) mass is 270 g/mol. The molecule has 2 fully saturated rings. The van der Waals surface area contributed by atoms with Crippen LogP contribution < -0.4 is 0 Å². The summed E-state index contributed by atoms with van der Waals surface area (Å²) in [6.07, 6.45) is 13.6. The third kappa shape index (κ3) is 5.05. The number of fused-ring (bicyclic) bond motifs is 1. The van der Waals surface area contributed by atoms with Crippen LogP contribution >= 0.6 is 0 Å². The molecule has 2 aliphatic rings. The van der Waals surface area contributed by atoms with Crippen LogP contribution in [-0.2, 0) is 9.47 Å². The van der Waals surface area contributed by atoms with E-state index in [1.54, 1.807) is 0 Å². The molecule has 3 heteroatoms. The SMILES string of the molecule is CCCCCCCCCC[C@@H]1C[C@@H]2C[C@H](O)O[C@@H]2O1. The summed E-state index contributed by atoms with van der Waals surface area (Å²) in [5, 5.41) is 9.35. The molecule has 2 aliphatic heterocycles. The van der Waals surface area contributed by atoms with Crippen molar-refractivity contribution in [1.29, 1.82) is 0 Å². The maximum absolute atomic E-state index is 9.35. The van der Waals surface area contributed by atoms with Crippen LogP contribution in [0.1, 0.15) is 77.6 Å². The molecule has 0 spiro atoms. The molecule has 0 bridgehead atoms.